The monoisotopic (exact) mass is 288 g/mol. The topological polar surface area (TPSA) is 56.8 Å². The van der Waals surface area contributed by atoms with Gasteiger partial charge in [-0.1, -0.05) is 37.3 Å². The number of nitriles is 2. The summed E-state index contributed by atoms with van der Waals surface area (Å²) in [5.74, 6) is 1.26. The number of allylic oxidation sites excluding steroid dienone is 6. The van der Waals surface area contributed by atoms with Gasteiger partial charge in [0.1, 0.15) is 29.2 Å². The zero-order chi connectivity index (χ0) is 15.9. The van der Waals surface area contributed by atoms with E-state index in [1.807, 2.05) is 36.4 Å². The molecular weight excluding hydrogens is 272 g/mol. The normalized spacial score (nSPS) is 13.7. The molecule has 0 radical (unpaired) electrons. The highest BCUT2D eigenvalue weighted by Crippen LogP contribution is 2.22. The zero-order valence-corrected chi connectivity index (χ0v) is 12.6. The molecule has 0 saturated heterocycles. The summed E-state index contributed by atoms with van der Waals surface area (Å²) in [6.07, 6.45) is 8.19. The second kappa shape index (κ2) is 7.11. The van der Waals surface area contributed by atoms with E-state index in [1.54, 1.807) is 19.1 Å². The molecule has 0 bridgehead atoms. The van der Waals surface area contributed by atoms with Crippen LogP contribution in [0.3, 0.4) is 0 Å². The van der Waals surface area contributed by atoms with E-state index in [1.165, 1.54) is 5.56 Å². The average molecular weight is 288 g/mol. The lowest BCUT2D eigenvalue weighted by molar-refractivity contribution is 0.318. The number of ether oxygens (including phenoxy) is 1. The Labute approximate surface area is 130 Å². The first kappa shape index (κ1) is 15.4. The van der Waals surface area contributed by atoms with Crippen LogP contribution >= 0.6 is 0 Å². The van der Waals surface area contributed by atoms with Crippen molar-refractivity contribution < 1.29 is 4.74 Å². The molecule has 3 heteroatoms. The quantitative estimate of drug-likeness (QED) is 0.773. The van der Waals surface area contributed by atoms with Gasteiger partial charge in [-0.3, -0.25) is 0 Å². The first-order valence-electron chi connectivity index (χ1n) is 7.05. The third-order valence-electron chi connectivity index (χ3n) is 3.28. The highest BCUT2D eigenvalue weighted by molar-refractivity contribution is 5.57. The van der Waals surface area contributed by atoms with Gasteiger partial charge in [0.2, 0.25) is 0 Å². The Morgan fingerprint density at radius 3 is 2.36 bits per heavy atom. The van der Waals surface area contributed by atoms with E-state index in [4.69, 9.17) is 15.3 Å². The van der Waals surface area contributed by atoms with Crippen LogP contribution in [0.1, 0.15) is 25.0 Å². The summed E-state index contributed by atoms with van der Waals surface area (Å²) in [5.41, 5.74) is 3.03. The Kier molecular flexibility index (Phi) is 4.96. The molecule has 0 atom stereocenters. The van der Waals surface area contributed by atoms with Crippen LogP contribution in [0.5, 0.6) is 0 Å². The van der Waals surface area contributed by atoms with E-state index < -0.39 is 0 Å². The first-order chi connectivity index (χ1) is 10.7. The fraction of sp³-hybridized carbons (Fsp3) is 0.158. The molecule has 0 fully saturated rings. The molecular formula is C19H16N2O. The van der Waals surface area contributed by atoms with Crippen molar-refractivity contribution in [1.82, 2.24) is 0 Å². The van der Waals surface area contributed by atoms with E-state index in [9.17, 15) is 0 Å². The molecule has 108 valence electrons. The van der Waals surface area contributed by atoms with Gasteiger partial charge in [0.25, 0.3) is 0 Å². The van der Waals surface area contributed by atoms with Crippen molar-refractivity contribution in [3.8, 4) is 12.1 Å². The molecule has 2 rings (SSSR count). The first-order valence-corrected chi connectivity index (χ1v) is 7.05. The molecule has 0 aliphatic carbocycles. The van der Waals surface area contributed by atoms with E-state index in [0.717, 1.165) is 12.0 Å². The molecule has 1 heterocycles. The van der Waals surface area contributed by atoms with Crippen molar-refractivity contribution in [2.75, 3.05) is 0 Å². The summed E-state index contributed by atoms with van der Waals surface area (Å²) in [6.45, 7) is 3.92. The number of hydrogen-bond donors (Lipinski definition) is 0. The second-order valence-corrected chi connectivity index (χ2v) is 4.89. The van der Waals surface area contributed by atoms with Crippen LogP contribution in [0.25, 0.3) is 6.08 Å². The SMILES string of the molecule is CCc1ccc(/C=C/C2=CC(=C(C#N)C#N)C=C(C)O2)cc1. The van der Waals surface area contributed by atoms with Crippen molar-refractivity contribution in [2.24, 2.45) is 0 Å². The van der Waals surface area contributed by atoms with Crippen molar-refractivity contribution in [3.63, 3.8) is 0 Å². The Bertz CT molecular complexity index is 747. The van der Waals surface area contributed by atoms with Crippen LogP contribution in [0, 0.1) is 22.7 Å². The summed E-state index contributed by atoms with van der Waals surface area (Å²) >= 11 is 0. The standard InChI is InChI=1S/C19H16N2O/c1-3-15-4-6-16(7-5-15)8-9-19-11-17(10-14(2)22-19)18(12-20)13-21/h4-11H,3H2,1-2H3/b9-8+. The van der Waals surface area contributed by atoms with Gasteiger partial charge in [0.05, 0.1) is 0 Å². The molecule has 0 unspecified atom stereocenters. The van der Waals surface area contributed by atoms with Gasteiger partial charge in [-0.05, 0) is 42.7 Å². The highest BCUT2D eigenvalue weighted by Gasteiger charge is 2.10. The smallest absolute Gasteiger partial charge is 0.137 e. The molecule has 0 spiro atoms. The molecule has 1 aliphatic rings. The number of benzene rings is 1. The predicted molar refractivity (Wildman–Crippen MR) is 86.0 cm³/mol. The fourth-order valence-electron chi connectivity index (χ4n) is 2.08. The minimum atomic E-state index is 0.0841. The molecule has 0 amide bonds. The molecule has 1 aromatic carbocycles. The van der Waals surface area contributed by atoms with Crippen LogP contribution in [0.15, 0.2) is 65.2 Å². The van der Waals surface area contributed by atoms with Crippen LogP contribution < -0.4 is 0 Å². The van der Waals surface area contributed by atoms with Gasteiger partial charge < -0.3 is 4.74 Å². The van der Waals surface area contributed by atoms with E-state index >= 15 is 0 Å². The summed E-state index contributed by atoms with van der Waals surface area (Å²) in [6, 6.07) is 12.1. The van der Waals surface area contributed by atoms with Crippen molar-refractivity contribution in [3.05, 3.63) is 76.3 Å². The fourth-order valence-corrected chi connectivity index (χ4v) is 2.08. The van der Waals surface area contributed by atoms with E-state index in [0.29, 0.717) is 17.1 Å². The van der Waals surface area contributed by atoms with E-state index in [2.05, 4.69) is 19.1 Å². The Balaban J connectivity index is 2.25. The van der Waals surface area contributed by atoms with Crippen molar-refractivity contribution >= 4 is 6.08 Å². The maximum absolute atomic E-state index is 8.96. The molecule has 0 N–H and O–H groups in total. The highest BCUT2D eigenvalue weighted by atomic mass is 16.5. The van der Waals surface area contributed by atoms with Gasteiger partial charge in [-0.25, -0.2) is 0 Å². The maximum Gasteiger partial charge on any atom is 0.137 e. The van der Waals surface area contributed by atoms with Gasteiger partial charge in [0, 0.05) is 5.57 Å². The van der Waals surface area contributed by atoms with Crippen LogP contribution in [0.4, 0.5) is 0 Å². The lowest BCUT2D eigenvalue weighted by atomic mass is 10.1. The lowest BCUT2D eigenvalue weighted by Crippen LogP contribution is -1.97. The summed E-state index contributed by atoms with van der Waals surface area (Å²) in [7, 11) is 0. The number of hydrogen-bond acceptors (Lipinski definition) is 3. The van der Waals surface area contributed by atoms with Gasteiger partial charge in [-0.15, -0.1) is 0 Å². The molecule has 1 aromatic rings. The summed E-state index contributed by atoms with van der Waals surface area (Å²) < 4.78 is 5.60. The Hall–Kier alpha value is -3.04. The van der Waals surface area contributed by atoms with E-state index in [-0.39, 0.29) is 5.57 Å². The molecule has 0 saturated carbocycles. The molecule has 0 aromatic heterocycles. The minimum Gasteiger partial charge on any atom is -0.462 e. The largest absolute Gasteiger partial charge is 0.462 e. The molecule has 1 aliphatic heterocycles. The van der Waals surface area contributed by atoms with Crippen molar-refractivity contribution in [2.45, 2.75) is 20.3 Å². The zero-order valence-electron chi connectivity index (χ0n) is 12.6. The Morgan fingerprint density at radius 2 is 1.77 bits per heavy atom. The maximum atomic E-state index is 8.96. The lowest BCUT2D eigenvalue weighted by Gasteiger charge is -2.13. The molecule has 3 nitrogen and oxygen atoms in total. The predicted octanol–water partition coefficient (Wildman–Crippen LogP) is 4.42. The van der Waals surface area contributed by atoms with Crippen LogP contribution in [-0.4, -0.2) is 0 Å². The molecule has 22 heavy (non-hydrogen) atoms. The number of rotatable bonds is 3. The van der Waals surface area contributed by atoms with Gasteiger partial charge >= 0.3 is 0 Å². The number of aryl methyl sites for hydroxylation is 1. The minimum absolute atomic E-state index is 0.0841. The number of nitrogens with zero attached hydrogens (tertiary/aromatic N) is 2. The summed E-state index contributed by atoms with van der Waals surface area (Å²) in [5, 5.41) is 17.9. The average Bonchev–Trinajstić information content (AvgIpc) is 2.54. The third kappa shape index (κ3) is 3.75. The summed E-state index contributed by atoms with van der Waals surface area (Å²) in [4.78, 5) is 0. The van der Waals surface area contributed by atoms with Crippen LogP contribution in [0.2, 0.25) is 0 Å². The van der Waals surface area contributed by atoms with Gasteiger partial charge in [0.15, 0.2) is 0 Å². The second-order valence-electron chi connectivity index (χ2n) is 4.89. The van der Waals surface area contributed by atoms with Crippen LogP contribution in [-0.2, 0) is 11.2 Å². The van der Waals surface area contributed by atoms with Gasteiger partial charge in [-0.2, -0.15) is 10.5 Å². The Morgan fingerprint density at radius 1 is 1.09 bits per heavy atom. The van der Waals surface area contributed by atoms with Crippen molar-refractivity contribution in [1.29, 1.82) is 10.5 Å². The third-order valence-corrected chi connectivity index (χ3v) is 3.28.